The van der Waals surface area contributed by atoms with Crippen molar-refractivity contribution < 1.29 is 0 Å². The summed E-state index contributed by atoms with van der Waals surface area (Å²) in [6, 6.07) is 19.7. The van der Waals surface area contributed by atoms with E-state index in [4.69, 9.17) is 0 Å². The predicted octanol–water partition coefficient (Wildman–Crippen LogP) is 2.74. The normalized spacial score (nSPS) is 12.2. The third kappa shape index (κ3) is 2.95. The smallest absolute Gasteiger partial charge is 0.292 e. The number of aromatic amines is 1. The van der Waals surface area contributed by atoms with Crippen molar-refractivity contribution in [3.05, 3.63) is 82.1 Å². The molecule has 4 aromatic rings. The molecule has 0 aliphatic rings. The molecule has 7 heteroatoms. The van der Waals surface area contributed by atoms with Crippen LogP contribution in [0.5, 0.6) is 0 Å². The van der Waals surface area contributed by atoms with Gasteiger partial charge in [0.2, 0.25) is 0 Å². The maximum absolute atomic E-state index is 12.4. The van der Waals surface area contributed by atoms with Crippen molar-refractivity contribution in [1.82, 2.24) is 25.2 Å². The van der Waals surface area contributed by atoms with Crippen LogP contribution in [0.25, 0.3) is 11.0 Å². The molecule has 0 fully saturated rings. The molecule has 0 saturated carbocycles. The second kappa shape index (κ2) is 6.79. The van der Waals surface area contributed by atoms with E-state index in [0.717, 1.165) is 11.1 Å². The highest BCUT2D eigenvalue weighted by molar-refractivity contribution is 5.84. The lowest BCUT2D eigenvalue weighted by Gasteiger charge is -2.12. The van der Waals surface area contributed by atoms with E-state index in [2.05, 4.69) is 25.8 Å². The van der Waals surface area contributed by atoms with E-state index in [0.29, 0.717) is 23.4 Å². The van der Waals surface area contributed by atoms with Gasteiger partial charge in [-0.15, -0.1) is 5.10 Å². The van der Waals surface area contributed by atoms with Crippen molar-refractivity contribution in [1.29, 1.82) is 0 Å². The van der Waals surface area contributed by atoms with Crippen LogP contribution in [-0.4, -0.2) is 25.2 Å². The van der Waals surface area contributed by atoms with Gasteiger partial charge in [-0.25, -0.2) is 9.78 Å². The van der Waals surface area contributed by atoms with Crippen LogP contribution in [0.3, 0.4) is 0 Å². The van der Waals surface area contributed by atoms with Crippen LogP contribution in [0.4, 0.5) is 5.82 Å². The third-order valence-electron chi connectivity index (χ3n) is 4.35. The molecule has 7 nitrogen and oxygen atoms in total. The summed E-state index contributed by atoms with van der Waals surface area (Å²) in [6.07, 6.45) is 0. The highest BCUT2D eigenvalue weighted by atomic mass is 16.1. The number of nitrogens with zero attached hydrogens (tertiary/aromatic N) is 4. The fourth-order valence-electron chi connectivity index (χ4n) is 2.93. The summed E-state index contributed by atoms with van der Waals surface area (Å²) in [5.41, 5.74) is 2.73. The Morgan fingerprint density at radius 3 is 2.50 bits per heavy atom. The summed E-state index contributed by atoms with van der Waals surface area (Å²) in [5, 5.41) is 18.3. The zero-order valence-electron chi connectivity index (χ0n) is 14.3. The highest BCUT2D eigenvalue weighted by Crippen LogP contribution is 2.22. The molecule has 2 aromatic carbocycles. The molecule has 4 rings (SSSR count). The van der Waals surface area contributed by atoms with Gasteiger partial charge in [-0.2, -0.15) is 5.10 Å². The zero-order valence-corrected chi connectivity index (χ0v) is 14.3. The van der Waals surface area contributed by atoms with E-state index in [1.54, 1.807) is 4.68 Å². The van der Waals surface area contributed by atoms with Gasteiger partial charge in [-0.3, -0.25) is 4.79 Å². The largest absolute Gasteiger partial charge is 0.363 e. The maximum Gasteiger partial charge on any atom is 0.292 e. The number of H-pyrrole nitrogens is 1. The van der Waals surface area contributed by atoms with Crippen LogP contribution in [-0.2, 0) is 6.54 Å². The molecule has 0 aliphatic carbocycles. The van der Waals surface area contributed by atoms with Crippen LogP contribution < -0.4 is 10.9 Å². The molecule has 0 spiro atoms. The highest BCUT2D eigenvalue weighted by Gasteiger charge is 2.19. The van der Waals surface area contributed by atoms with Crippen LogP contribution in [0.2, 0.25) is 0 Å². The fraction of sp³-hybridized carbons (Fsp3) is 0.158. The van der Waals surface area contributed by atoms with Crippen molar-refractivity contribution in [2.75, 3.05) is 5.32 Å². The van der Waals surface area contributed by atoms with Crippen molar-refractivity contribution in [3.63, 3.8) is 0 Å². The Balaban J connectivity index is 1.70. The lowest BCUT2D eigenvalue weighted by molar-refractivity contribution is 0.558. The average Bonchev–Trinajstić information content (AvgIpc) is 3.15. The standard InChI is InChI=1S/C19H18N6O/c1-13(15-10-6-3-7-11-15)25-17-16(21-24-25)18(22-23-19(17)26)20-12-14-8-4-2-5-9-14/h2-11,13H,12H2,1H3,(H,20,22)(H,23,26). The Morgan fingerprint density at radius 1 is 1.08 bits per heavy atom. The lowest BCUT2D eigenvalue weighted by Crippen LogP contribution is -2.18. The minimum absolute atomic E-state index is 0.119. The molecule has 1 unspecified atom stereocenters. The second-order valence-corrected chi connectivity index (χ2v) is 6.06. The molecule has 0 saturated heterocycles. The van der Waals surface area contributed by atoms with Gasteiger partial charge >= 0.3 is 0 Å². The van der Waals surface area contributed by atoms with Crippen molar-refractivity contribution in [2.45, 2.75) is 19.5 Å². The lowest BCUT2D eigenvalue weighted by atomic mass is 10.1. The Hall–Kier alpha value is -3.48. The average molecular weight is 346 g/mol. The van der Waals surface area contributed by atoms with E-state index in [1.807, 2.05) is 67.6 Å². The first-order valence-electron chi connectivity index (χ1n) is 8.40. The monoisotopic (exact) mass is 346 g/mol. The van der Waals surface area contributed by atoms with Crippen molar-refractivity contribution >= 4 is 16.9 Å². The van der Waals surface area contributed by atoms with Gasteiger partial charge in [-0.1, -0.05) is 65.9 Å². The Morgan fingerprint density at radius 2 is 1.77 bits per heavy atom. The van der Waals surface area contributed by atoms with Gasteiger partial charge < -0.3 is 5.32 Å². The number of hydrogen-bond donors (Lipinski definition) is 2. The minimum atomic E-state index is -0.307. The zero-order chi connectivity index (χ0) is 17.9. The van der Waals surface area contributed by atoms with Crippen LogP contribution in [0, 0.1) is 0 Å². The molecule has 2 heterocycles. The van der Waals surface area contributed by atoms with Crippen LogP contribution in [0.15, 0.2) is 65.5 Å². The number of anilines is 1. The minimum Gasteiger partial charge on any atom is -0.363 e. The molecule has 2 N–H and O–H groups in total. The van der Waals surface area contributed by atoms with Gasteiger partial charge in [0.1, 0.15) is 0 Å². The molecule has 1 atom stereocenters. The topological polar surface area (TPSA) is 88.5 Å². The molecule has 0 bridgehead atoms. The van der Waals surface area contributed by atoms with E-state index in [9.17, 15) is 4.79 Å². The quantitative estimate of drug-likeness (QED) is 0.580. The molecule has 0 aliphatic heterocycles. The van der Waals surface area contributed by atoms with Gasteiger partial charge in [0.25, 0.3) is 5.56 Å². The summed E-state index contributed by atoms with van der Waals surface area (Å²) >= 11 is 0. The van der Waals surface area contributed by atoms with E-state index >= 15 is 0 Å². The van der Waals surface area contributed by atoms with E-state index in [1.165, 1.54) is 0 Å². The number of hydrogen-bond acceptors (Lipinski definition) is 5. The van der Waals surface area contributed by atoms with Crippen molar-refractivity contribution in [3.8, 4) is 0 Å². The Kier molecular flexibility index (Phi) is 4.18. The maximum atomic E-state index is 12.4. The summed E-state index contributed by atoms with van der Waals surface area (Å²) < 4.78 is 1.64. The number of aromatic nitrogens is 5. The van der Waals surface area contributed by atoms with Gasteiger partial charge in [0.05, 0.1) is 6.04 Å². The third-order valence-corrected chi connectivity index (χ3v) is 4.35. The molecule has 26 heavy (non-hydrogen) atoms. The molecular formula is C19H18N6O. The van der Waals surface area contributed by atoms with Gasteiger partial charge in [0, 0.05) is 6.54 Å². The summed E-state index contributed by atoms with van der Waals surface area (Å²) in [6.45, 7) is 2.57. The summed E-state index contributed by atoms with van der Waals surface area (Å²) in [5.74, 6) is 0.509. The first kappa shape index (κ1) is 16.0. The number of rotatable bonds is 5. The Labute approximate surface area is 149 Å². The fourth-order valence-corrected chi connectivity index (χ4v) is 2.93. The molecule has 0 radical (unpaired) electrons. The van der Waals surface area contributed by atoms with Crippen LogP contribution >= 0.6 is 0 Å². The second-order valence-electron chi connectivity index (χ2n) is 6.06. The first-order valence-corrected chi connectivity index (χ1v) is 8.40. The van der Waals surface area contributed by atoms with Gasteiger partial charge in [0.15, 0.2) is 16.9 Å². The molecular weight excluding hydrogens is 328 g/mol. The van der Waals surface area contributed by atoms with E-state index < -0.39 is 0 Å². The van der Waals surface area contributed by atoms with E-state index in [-0.39, 0.29) is 11.6 Å². The number of benzene rings is 2. The van der Waals surface area contributed by atoms with Crippen LogP contribution in [0.1, 0.15) is 24.1 Å². The molecule has 130 valence electrons. The number of nitrogens with one attached hydrogen (secondary N) is 2. The summed E-state index contributed by atoms with van der Waals surface area (Å²) in [4.78, 5) is 12.4. The Bertz CT molecular complexity index is 1070. The predicted molar refractivity (Wildman–Crippen MR) is 100.0 cm³/mol. The first-order chi connectivity index (χ1) is 12.7. The van der Waals surface area contributed by atoms with Crippen molar-refractivity contribution in [2.24, 2.45) is 0 Å². The number of fused-ring (bicyclic) bond motifs is 1. The molecule has 0 amide bonds. The SMILES string of the molecule is CC(c1ccccc1)n1nnc2c(NCc3ccccc3)n[nH]c(=O)c21. The van der Waals surface area contributed by atoms with Gasteiger partial charge in [-0.05, 0) is 18.1 Å². The molecule has 2 aromatic heterocycles. The summed E-state index contributed by atoms with van der Waals surface area (Å²) in [7, 11) is 0.